The number of nitrogens with one attached hydrogen (secondary N) is 1. The third-order valence-electron chi connectivity index (χ3n) is 1.57. The first-order valence-corrected chi connectivity index (χ1v) is 4.27. The van der Waals surface area contributed by atoms with Crippen LogP contribution in [0.5, 0.6) is 0 Å². The number of nitrogen functional groups attached to an aromatic ring is 1. The van der Waals surface area contributed by atoms with Gasteiger partial charge in [0, 0.05) is 6.42 Å². The summed E-state index contributed by atoms with van der Waals surface area (Å²) in [5.41, 5.74) is 12.8. The van der Waals surface area contributed by atoms with Gasteiger partial charge in [-0.2, -0.15) is 0 Å². The van der Waals surface area contributed by atoms with E-state index in [0.29, 0.717) is 18.2 Å². The van der Waals surface area contributed by atoms with Gasteiger partial charge in [-0.3, -0.25) is 0 Å². The number of anilines is 1. The highest BCUT2D eigenvalue weighted by Crippen LogP contribution is 2.07. The molecule has 1 aromatic heterocycles. The highest BCUT2D eigenvalue weighted by Gasteiger charge is 2.11. The predicted octanol–water partition coefficient (Wildman–Crippen LogP) is -0.319. The van der Waals surface area contributed by atoms with Crippen molar-refractivity contribution in [2.24, 2.45) is 11.7 Å². The molecule has 0 aliphatic heterocycles. The maximum atomic E-state index is 10.6. The number of hydrogen-bond acceptors (Lipinski definition) is 4. The number of primary amides is 1. The molecule has 14 heavy (non-hydrogen) atoms. The van der Waals surface area contributed by atoms with Gasteiger partial charge in [0.2, 0.25) is 5.95 Å². The number of carbonyl (C=O) groups is 1. The molecule has 1 aromatic rings. The van der Waals surface area contributed by atoms with Crippen LogP contribution in [0.1, 0.15) is 19.7 Å². The Morgan fingerprint density at radius 3 is 2.71 bits per heavy atom. The minimum Gasteiger partial charge on any atom is -0.366 e. The van der Waals surface area contributed by atoms with Crippen LogP contribution in [0, 0.1) is 5.92 Å². The number of hydrogen-bond donors (Lipinski definition) is 3. The zero-order chi connectivity index (χ0) is 10.7. The van der Waals surface area contributed by atoms with Gasteiger partial charge in [-0.15, -0.1) is 10.2 Å². The van der Waals surface area contributed by atoms with Crippen LogP contribution in [0.15, 0.2) is 0 Å². The molecule has 0 bridgehead atoms. The first kappa shape index (κ1) is 10.3. The average Bonchev–Trinajstić information content (AvgIpc) is 2.34. The van der Waals surface area contributed by atoms with Crippen molar-refractivity contribution in [3.8, 4) is 0 Å². The van der Waals surface area contributed by atoms with Crippen molar-refractivity contribution in [2.75, 3.05) is 11.2 Å². The molecule has 1 rings (SSSR count). The molecule has 2 amide bonds. The SMILES string of the molecule is CC(C)Cc1nnc(N)n1NC(N)=O. The topological polar surface area (TPSA) is 112 Å². The lowest BCUT2D eigenvalue weighted by atomic mass is 10.1. The van der Waals surface area contributed by atoms with Crippen LogP contribution >= 0.6 is 0 Å². The van der Waals surface area contributed by atoms with Crippen molar-refractivity contribution in [1.82, 2.24) is 14.9 Å². The van der Waals surface area contributed by atoms with Gasteiger partial charge in [0.1, 0.15) is 0 Å². The summed E-state index contributed by atoms with van der Waals surface area (Å²) in [5.74, 6) is 1.11. The van der Waals surface area contributed by atoms with Crippen molar-refractivity contribution < 1.29 is 4.79 Å². The Balaban J connectivity index is 2.88. The van der Waals surface area contributed by atoms with E-state index < -0.39 is 6.03 Å². The molecule has 7 heteroatoms. The molecule has 0 spiro atoms. The summed E-state index contributed by atoms with van der Waals surface area (Å²) in [6.45, 7) is 4.05. The summed E-state index contributed by atoms with van der Waals surface area (Å²) in [7, 11) is 0. The Kier molecular flexibility index (Phi) is 2.90. The molecule has 5 N–H and O–H groups in total. The van der Waals surface area contributed by atoms with Crippen LogP contribution < -0.4 is 16.9 Å². The lowest BCUT2D eigenvalue weighted by molar-refractivity contribution is 0.256. The molecule has 7 nitrogen and oxygen atoms in total. The molecule has 78 valence electrons. The van der Waals surface area contributed by atoms with Gasteiger partial charge in [-0.25, -0.2) is 14.9 Å². The largest absolute Gasteiger partial charge is 0.366 e. The standard InChI is InChI=1S/C7H14N6O/c1-4(2)3-5-10-11-6(8)13(5)12-7(9)14/h4H,3H2,1-2H3,(H2,8,11)(H3,9,12,14). The highest BCUT2D eigenvalue weighted by atomic mass is 16.2. The average molecular weight is 198 g/mol. The lowest BCUT2D eigenvalue weighted by Crippen LogP contribution is -2.30. The van der Waals surface area contributed by atoms with E-state index in [1.165, 1.54) is 4.68 Å². The summed E-state index contributed by atoms with van der Waals surface area (Å²) in [5, 5.41) is 7.47. The van der Waals surface area contributed by atoms with Crippen LogP contribution in [0.25, 0.3) is 0 Å². The maximum absolute atomic E-state index is 10.6. The molecule has 0 fully saturated rings. The molecule has 0 aliphatic carbocycles. The molecule has 0 unspecified atom stereocenters. The summed E-state index contributed by atoms with van der Waals surface area (Å²) >= 11 is 0. The van der Waals surface area contributed by atoms with Crippen LogP contribution in [-0.2, 0) is 6.42 Å². The van der Waals surface area contributed by atoms with Crippen LogP contribution in [-0.4, -0.2) is 20.9 Å². The van der Waals surface area contributed by atoms with Gasteiger partial charge >= 0.3 is 6.03 Å². The summed E-state index contributed by atoms with van der Waals surface area (Å²) in [4.78, 5) is 10.6. The fraction of sp³-hybridized carbons (Fsp3) is 0.571. The molecular weight excluding hydrogens is 184 g/mol. The van der Waals surface area contributed by atoms with Gasteiger partial charge in [0.25, 0.3) is 0 Å². The number of carbonyl (C=O) groups excluding carboxylic acids is 1. The van der Waals surface area contributed by atoms with E-state index in [0.717, 1.165) is 0 Å². The van der Waals surface area contributed by atoms with E-state index in [1.807, 2.05) is 13.8 Å². The second-order valence-electron chi connectivity index (χ2n) is 3.38. The number of rotatable bonds is 3. The van der Waals surface area contributed by atoms with Gasteiger partial charge in [-0.1, -0.05) is 13.8 Å². The minimum absolute atomic E-state index is 0.124. The number of urea groups is 1. The fourth-order valence-corrected chi connectivity index (χ4v) is 1.06. The van der Waals surface area contributed by atoms with E-state index >= 15 is 0 Å². The molecule has 1 heterocycles. The molecule has 0 aliphatic rings. The lowest BCUT2D eigenvalue weighted by Gasteiger charge is -2.08. The van der Waals surface area contributed by atoms with Gasteiger partial charge in [0.15, 0.2) is 5.82 Å². The van der Waals surface area contributed by atoms with Gasteiger partial charge in [-0.05, 0) is 5.92 Å². The third kappa shape index (κ3) is 2.35. The number of amides is 2. The quantitative estimate of drug-likeness (QED) is 0.617. The first-order valence-electron chi connectivity index (χ1n) is 4.27. The summed E-state index contributed by atoms with van der Waals surface area (Å²) in [6.07, 6.45) is 0.671. The summed E-state index contributed by atoms with van der Waals surface area (Å²) in [6, 6.07) is -0.693. The maximum Gasteiger partial charge on any atom is 0.331 e. The zero-order valence-corrected chi connectivity index (χ0v) is 8.19. The van der Waals surface area contributed by atoms with Gasteiger partial charge in [0.05, 0.1) is 0 Å². The molecular formula is C7H14N6O. The Morgan fingerprint density at radius 2 is 2.21 bits per heavy atom. The Hall–Kier alpha value is -1.79. The van der Waals surface area contributed by atoms with E-state index in [4.69, 9.17) is 11.5 Å². The predicted molar refractivity (Wildman–Crippen MR) is 51.9 cm³/mol. The molecule has 0 aromatic carbocycles. The first-order chi connectivity index (χ1) is 6.50. The van der Waals surface area contributed by atoms with E-state index in [1.54, 1.807) is 0 Å². The van der Waals surface area contributed by atoms with Crippen LogP contribution in [0.3, 0.4) is 0 Å². The van der Waals surface area contributed by atoms with E-state index in [2.05, 4.69) is 15.6 Å². The van der Waals surface area contributed by atoms with Crippen LogP contribution in [0.2, 0.25) is 0 Å². The normalized spacial score (nSPS) is 10.5. The van der Waals surface area contributed by atoms with Gasteiger partial charge < -0.3 is 11.5 Å². The fourth-order valence-electron chi connectivity index (χ4n) is 1.06. The zero-order valence-electron chi connectivity index (χ0n) is 8.19. The number of nitrogens with two attached hydrogens (primary N) is 2. The molecule has 0 radical (unpaired) electrons. The highest BCUT2D eigenvalue weighted by molar-refractivity contribution is 5.80. The Labute approximate surface area is 81.4 Å². The van der Waals surface area contributed by atoms with E-state index in [9.17, 15) is 4.79 Å². The van der Waals surface area contributed by atoms with Crippen molar-refractivity contribution in [1.29, 1.82) is 0 Å². The molecule has 0 atom stereocenters. The van der Waals surface area contributed by atoms with Crippen LogP contribution in [0.4, 0.5) is 10.7 Å². The molecule has 0 saturated carbocycles. The Morgan fingerprint density at radius 1 is 1.57 bits per heavy atom. The monoisotopic (exact) mass is 198 g/mol. The number of aromatic nitrogens is 3. The number of nitrogens with zero attached hydrogens (tertiary/aromatic N) is 3. The second-order valence-corrected chi connectivity index (χ2v) is 3.38. The van der Waals surface area contributed by atoms with Crippen molar-refractivity contribution in [2.45, 2.75) is 20.3 Å². The third-order valence-corrected chi connectivity index (χ3v) is 1.57. The minimum atomic E-state index is -0.693. The smallest absolute Gasteiger partial charge is 0.331 e. The van der Waals surface area contributed by atoms with E-state index in [-0.39, 0.29) is 5.95 Å². The second kappa shape index (κ2) is 3.95. The van der Waals surface area contributed by atoms with Crippen molar-refractivity contribution >= 4 is 12.0 Å². The van der Waals surface area contributed by atoms with Crippen molar-refractivity contribution in [3.05, 3.63) is 5.82 Å². The summed E-state index contributed by atoms with van der Waals surface area (Å²) < 4.78 is 1.29. The van der Waals surface area contributed by atoms with Crippen molar-refractivity contribution in [3.63, 3.8) is 0 Å². The Bertz CT molecular complexity index is 331. The molecule has 0 saturated heterocycles.